The Morgan fingerprint density at radius 2 is 1.62 bits per heavy atom. The molecule has 3 aromatic carbocycles. The number of hydrogen-bond acceptors (Lipinski definition) is 3. The van der Waals surface area contributed by atoms with Crippen molar-refractivity contribution in [1.82, 2.24) is 5.32 Å². The molecule has 0 atom stereocenters. The van der Waals surface area contributed by atoms with Crippen LogP contribution in [0, 0.1) is 5.41 Å². The molecule has 0 fully saturated rings. The molecule has 4 nitrogen and oxygen atoms in total. The lowest BCUT2D eigenvalue weighted by molar-refractivity contribution is -0.120. The maximum Gasteiger partial charge on any atom is 0.224 e. The number of para-hydroxylation sites is 1. The monoisotopic (exact) mass is 345 g/mol. The van der Waals surface area contributed by atoms with Crippen molar-refractivity contribution in [2.75, 3.05) is 18.4 Å². The zero-order chi connectivity index (χ0) is 18.2. The van der Waals surface area contributed by atoms with Crippen LogP contribution in [0.3, 0.4) is 0 Å². The average Bonchev–Trinajstić information content (AvgIpc) is 2.69. The minimum Gasteiger partial charge on any atom is -0.385 e. The number of amides is 1. The Morgan fingerprint density at radius 1 is 0.885 bits per heavy atom. The number of fused-ring (bicyclic) bond motifs is 1. The second kappa shape index (κ2) is 8.81. The SMILES string of the molecule is N=Cc1ccc(CC(=O)NCCCNc2ccccc2)c2ccccc12. The van der Waals surface area contributed by atoms with Gasteiger partial charge in [-0.05, 0) is 40.5 Å². The maximum absolute atomic E-state index is 12.3. The predicted octanol–water partition coefficient (Wildman–Crippen LogP) is 4.00. The van der Waals surface area contributed by atoms with E-state index in [2.05, 4.69) is 10.6 Å². The largest absolute Gasteiger partial charge is 0.385 e. The van der Waals surface area contributed by atoms with Crippen molar-refractivity contribution in [2.24, 2.45) is 0 Å². The van der Waals surface area contributed by atoms with Crippen molar-refractivity contribution < 1.29 is 4.79 Å². The fourth-order valence-electron chi connectivity index (χ4n) is 3.01. The van der Waals surface area contributed by atoms with Crippen LogP contribution in [0.25, 0.3) is 10.8 Å². The number of hydrogen-bond donors (Lipinski definition) is 3. The van der Waals surface area contributed by atoms with Crippen LogP contribution in [0.1, 0.15) is 17.5 Å². The molecule has 0 radical (unpaired) electrons. The second-order valence-electron chi connectivity index (χ2n) is 6.18. The van der Waals surface area contributed by atoms with Crippen molar-refractivity contribution in [2.45, 2.75) is 12.8 Å². The summed E-state index contributed by atoms with van der Waals surface area (Å²) in [4.78, 5) is 12.3. The lowest BCUT2D eigenvalue weighted by atomic mass is 9.98. The molecule has 0 aliphatic heterocycles. The van der Waals surface area contributed by atoms with Gasteiger partial charge in [-0.15, -0.1) is 0 Å². The van der Waals surface area contributed by atoms with E-state index in [1.54, 1.807) is 0 Å². The third kappa shape index (κ3) is 4.48. The number of carbonyl (C=O) groups is 1. The highest BCUT2D eigenvalue weighted by Crippen LogP contribution is 2.22. The molecule has 0 heterocycles. The molecule has 1 amide bonds. The first-order valence-electron chi connectivity index (χ1n) is 8.84. The summed E-state index contributed by atoms with van der Waals surface area (Å²) in [6.45, 7) is 1.47. The smallest absolute Gasteiger partial charge is 0.224 e. The van der Waals surface area contributed by atoms with Gasteiger partial charge in [-0.1, -0.05) is 54.6 Å². The minimum atomic E-state index is 0.0254. The third-order valence-electron chi connectivity index (χ3n) is 4.33. The highest BCUT2D eigenvalue weighted by Gasteiger charge is 2.08. The van der Waals surface area contributed by atoms with Crippen molar-refractivity contribution >= 4 is 28.6 Å². The fourth-order valence-corrected chi connectivity index (χ4v) is 3.01. The average molecular weight is 345 g/mol. The van der Waals surface area contributed by atoms with Crippen LogP contribution in [0.4, 0.5) is 5.69 Å². The molecule has 26 heavy (non-hydrogen) atoms. The molecule has 3 rings (SSSR count). The summed E-state index contributed by atoms with van der Waals surface area (Å²) in [5.74, 6) is 0.0254. The van der Waals surface area contributed by atoms with E-state index < -0.39 is 0 Å². The molecule has 0 saturated heterocycles. The highest BCUT2D eigenvalue weighted by atomic mass is 16.1. The molecule has 3 N–H and O–H groups in total. The summed E-state index contributed by atoms with van der Waals surface area (Å²) in [5.41, 5.74) is 2.96. The van der Waals surface area contributed by atoms with Crippen LogP contribution in [0.2, 0.25) is 0 Å². The van der Waals surface area contributed by atoms with Crippen molar-refractivity contribution in [3.63, 3.8) is 0 Å². The van der Waals surface area contributed by atoms with Crippen LogP contribution in [-0.4, -0.2) is 25.2 Å². The molecular formula is C22H23N3O. The van der Waals surface area contributed by atoms with E-state index >= 15 is 0 Å². The van der Waals surface area contributed by atoms with Gasteiger partial charge in [-0.2, -0.15) is 0 Å². The first-order chi connectivity index (χ1) is 12.8. The quantitative estimate of drug-likeness (QED) is 0.427. The van der Waals surface area contributed by atoms with E-state index in [-0.39, 0.29) is 5.91 Å². The van der Waals surface area contributed by atoms with Gasteiger partial charge < -0.3 is 16.0 Å². The molecular weight excluding hydrogens is 322 g/mol. The lowest BCUT2D eigenvalue weighted by Crippen LogP contribution is -2.27. The van der Waals surface area contributed by atoms with Crippen molar-refractivity contribution in [3.8, 4) is 0 Å². The van der Waals surface area contributed by atoms with Crippen LogP contribution in [-0.2, 0) is 11.2 Å². The summed E-state index contributed by atoms with van der Waals surface area (Å²) >= 11 is 0. The van der Waals surface area contributed by atoms with Gasteiger partial charge in [0.1, 0.15) is 0 Å². The molecule has 0 bridgehead atoms. The third-order valence-corrected chi connectivity index (χ3v) is 4.33. The Balaban J connectivity index is 1.51. The Labute approximate surface area is 153 Å². The maximum atomic E-state index is 12.3. The highest BCUT2D eigenvalue weighted by molar-refractivity contribution is 6.01. The van der Waals surface area contributed by atoms with Crippen LogP contribution in [0.5, 0.6) is 0 Å². The minimum absolute atomic E-state index is 0.0254. The van der Waals surface area contributed by atoms with E-state index in [4.69, 9.17) is 5.41 Å². The van der Waals surface area contributed by atoms with E-state index in [1.165, 1.54) is 6.21 Å². The van der Waals surface area contributed by atoms with Gasteiger partial charge in [0, 0.05) is 25.0 Å². The van der Waals surface area contributed by atoms with Gasteiger partial charge in [0.25, 0.3) is 0 Å². The number of rotatable bonds is 8. The summed E-state index contributed by atoms with van der Waals surface area (Å²) < 4.78 is 0. The Hall–Kier alpha value is -3.14. The number of carbonyl (C=O) groups excluding carboxylic acids is 1. The number of benzene rings is 3. The molecule has 3 aromatic rings. The molecule has 0 aliphatic carbocycles. The molecule has 0 aliphatic rings. The van der Waals surface area contributed by atoms with E-state index in [9.17, 15) is 4.79 Å². The Morgan fingerprint density at radius 3 is 2.38 bits per heavy atom. The first kappa shape index (κ1) is 17.7. The zero-order valence-corrected chi connectivity index (χ0v) is 14.7. The van der Waals surface area contributed by atoms with Gasteiger partial charge in [0.15, 0.2) is 0 Å². The standard InChI is InChI=1S/C22H23N3O/c23-16-18-12-11-17(20-9-4-5-10-21(18)20)15-22(26)25-14-6-13-24-19-7-2-1-3-8-19/h1-5,7-12,16,23-24H,6,13-15H2,(H,25,26). The normalized spacial score (nSPS) is 10.5. The molecule has 0 unspecified atom stereocenters. The lowest BCUT2D eigenvalue weighted by Gasteiger charge is -2.10. The molecule has 0 spiro atoms. The van der Waals surface area contributed by atoms with Gasteiger partial charge in [0.2, 0.25) is 5.91 Å². The number of nitrogens with one attached hydrogen (secondary N) is 3. The van der Waals surface area contributed by atoms with Crippen LogP contribution >= 0.6 is 0 Å². The molecule has 132 valence electrons. The van der Waals surface area contributed by atoms with Crippen molar-refractivity contribution in [1.29, 1.82) is 5.41 Å². The summed E-state index contributed by atoms with van der Waals surface area (Å²) in [6.07, 6.45) is 2.57. The Bertz CT molecular complexity index is 890. The topological polar surface area (TPSA) is 65.0 Å². The van der Waals surface area contributed by atoms with Crippen LogP contribution < -0.4 is 10.6 Å². The summed E-state index contributed by atoms with van der Waals surface area (Å²) in [7, 11) is 0. The molecule has 4 heteroatoms. The fraction of sp³-hybridized carbons (Fsp3) is 0.182. The van der Waals surface area contributed by atoms with E-state index in [0.29, 0.717) is 13.0 Å². The zero-order valence-electron chi connectivity index (χ0n) is 14.7. The second-order valence-corrected chi connectivity index (χ2v) is 6.18. The van der Waals surface area contributed by atoms with Gasteiger partial charge >= 0.3 is 0 Å². The Kier molecular flexibility index (Phi) is 5.99. The first-order valence-corrected chi connectivity index (χ1v) is 8.84. The van der Waals surface area contributed by atoms with Gasteiger partial charge in [0.05, 0.1) is 6.42 Å². The molecule has 0 saturated carbocycles. The van der Waals surface area contributed by atoms with Crippen LogP contribution in [0.15, 0.2) is 66.7 Å². The summed E-state index contributed by atoms with van der Waals surface area (Å²) in [6, 6.07) is 21.8. The predicted molar refractivity (Wildman–Crippen MR) is 108 cm³/mol. The van der Waals surface area contributed by atoms with Gasteiger partial charge in [-0.3, -0.25) is 4.79 Å². The van der Waals surface area contributed by atoms with Gasteiger partial charge in [-0.25, -0.2) is 0 Å². The van der Waals surface area contributed by atoms with Crippen molar-refractivity contribution in [3.05, 3.63) is 77.9 Å². The van der Waals surface area contributed by atoms with E-state index in [1.807, 2.05) is 66.7 Å². The molecule has 0 aromatic heterocycles. The number of anilines is 1. The van der Waals surface area contributed by atoms with E-state index in [0.717, 1.165) is 40.6 Å². The summed E-state index contributed by atoms with van der Waals surface area (Å²) in [5, 5.41) is 15.9.